The number of aryl methyl sites for hydroxylation is 1. The van der Waals surface area contributed by atoms with Gasteiger partial charge in [-0.25, -0.2) is 0 Å². The van der Waals surface area contributed by atoms with E-state index in [4.69, 9.17) is 10.2 Å². The van der Waals surface area contributed by atoms with Crippen LogP contribution < -0.4 is 5.73 Å². The Balaban J connectivity index is 1.87. The van der Waals surface area contributed by atoms with Crippen molar-refractivity contribution in [1.82, 2.24) is 0 Å². The van der Waals surface area contributed by atoms with Crippen LogP contribution in [0.25, 0.3) is 11.0 Å². The highest BCUT2D eigenvalue weighted by Crippen LogP contribution is 2.25. The maximum atomic E-state index is 6.27. The van der Waals surface area contributed by atoms with Gasteiger partial charge in [-0.2, -0.15) is 0 Å². The van der Waals surface area contributed by atoms with Crippen molar-refractivity contribution in [2.24, 2.45) is 5.73 Å². The molecule has 0 saturated carbocycles. The van der Waals surface area contributed by atoms with Crippen molar-refractivity contribution in [2.75, 3.05) is 0 Å². The first-order chi connectivity index (χ1) is 9.24. The second-order valence-corrected chi connectivity index (χ2v) is 4.92. The summed E-state index contributed by atoms with van der Waals surface area (Å²) in [5.41, 5.74) is 9.71. The van der Waals surface area contributed by atoms with Crippen LogP contribution in [0.5, 0.6) is 0 Å². The Morgan fingerprint density at radius 2 is 1.79 bits per heavy atom. The van der Waals surface area contributed by atoms with Gasteiger partial charge in [0, 0.05) is 5.39 Å². The molecule has 0 aliphatic carbocycles. The van der Waals surface area contributed by atoms with E-state index in [1.807, 2.05) is 42.5 Å². The quantitative estimate of drug-likeness (QED) is 0.764. The maximum Gasteiger partial charge on any atom is 0.134 e. The molecule has 1 atom stereocenters. The summed E-state index contributed by atoms with van der Waals surface area (Å²) in [5.74, 6) is 0.851. The Labute approximate surface area is 112 Å². The molecule has 1 aromatic heterocycles. The van der Waals surface area contributed by atoms with Crippen LogP contribution in [-0.4, -0.2) is 0 Å². The molecule has 0 amide bonds. The van der Waals surface area contributed by atoms with Crippen LogP contribution in [0.4, 0.5) is 0 Å². The summed E-state index contributed by atoms with van der Waals surface area (Å²) in [7, 11) is 0. The van der Waals surface area contributed by atoms with Gasteiger partial charge in [-0.05, 0) is 36.6 Å². The summed E-state index contributed by atoms with van der Waals surface area (Å²) in [6, 6.07) is 18.3. The molecule has 2 nitrogen and oxygen atoms in total. The molecule has 0 bridgehead atoms. The zero-order chi connectivity index (χ0) is 13.2. The molecule has 3 aromatic rings. The molecular formula is C17H17NO. The molecule has 19 heavy (non-hydrogen) atoms. The normalized spacial score (nSPS) is 12.7. The van der Waals surface area contributed by atoms with E-state index in [1.165, 1.54) is 11.1 Å². The topological polar surface area (TPSA) is 39.2 Å². The predicted octanol–water partition coefficient (Wildman–Crippen LogP) is 3.98. The first-order valence-electron chi connectivity index (χ1n) is 6.52. The van der Waals surface area contributed by atoms with E-state index in [0.717, 1.165) is 23.2 Å². The van der Waals surface area contributed by atoms with Crippen molar-refractivity contribution < 1.29 is 4.42 Å². The van der Waals surface area contributed by atoms with Gasteiger partial charge in [-0.15, -0.1) is 0 Å². The van der Waals surface area contributed by atoms with Crippen molar-refractivity contribution in [3.63, 3.8) is 0 Å². The van der Waals surface area contributed by atoms with Crippen LogP contribution >= 0.6 is 0 Å². The van der Waals surface area contributed by atoms with E-state index in [-0.39, 0.29) is 6.04 Å². The van der Waals surface area contributed by atoms with Crippen LogP contribution in [0, 0.1) is 6.92 Å². The van der Waals surface area contributed by atoms with Crippen molar-refractivity contribution >= 4 is 11.0 Å². The van der Waals surface area contributed by atoms with E-state index in [0.29, 0.717) is 0 Å². The highest BCUT2D eigenvalue weighted by atomic mass is 16.3. The summed E-state index contributed by atoms with van der Waals surface area (Å²) >= 11 is 0. The lowest BCUT2D eigenvalue weighted by Crippen LogP contribution is -2.13. The zero-order valence-electron chi connectivity index (χ0n) is 11.0. The molecule has 2 aromatic carbocycles. The molecule has 2 N–H and O–H groups in total. The number of para-hydroxylation sites is 1. The molecule has 1 unspecified atom stereocenters. The average molecular weight is 251 g/mol. The molecule has 0 fully saturated rings. The minimum Gasteiger partial charge on any atom is -0.459 e. The van der Waals surface area contributed by atoms with Crippen molar-refractivity contribution in [2.45, 2.75) is 19.4 Å². The number of rotatable bonds is 3. The van der Waals surface area contributed by atoms with Crippen LogP contribution in [0.1, 0.15) is 22.9 Å². The maximum absolute atomic E-state index is 6.27. The first-order valence-corrected chi connectivity index (χ1v) is 6.52. The van der Waals surface area contributed by atoms with Gasteiger partial charge in [0.2, 0.25) is 0 Å². The number of furan rings is 1. The van der Waals surface area contributed by atoms with Gasteiger partial charge < -0.3 is 10.2 Å². The fourth-order valence-electron chi connectivity index (χ4n) is 2.36. The van der Waals surface area contributed by atoms with Crippen molar-refractivity contribution in [1.29, 1.82) is 0 Å². The third-order valence-corrected chi connectivity index (χ3v) is 3.51. The number of hydrogen-bond donors (Lipinski definition) is 1. The van der Waals surface area contributed by atoms with Crippen LogP contribution in [0.2, 0.25) is 0 Å². The summed E-state index contributed by atoms with van der Waals surface area (Å²) in [6.07, 6.45) is 0.798. The van der Waals surface area contributed by atoms with Gasteiger partial charge in [0.25, 0.3) is 0 Å². The fourth-order valence-corrected chi connectivity index (χ4v) is 2.36. The lowest BCUT2D eigenvalue weighted by Gasteiger charge is -2.10. The molecule has 2 heteroatoms. The molecule has 0 aliphatic heterocycles. The van der Waals surface area contributed by atoms with Crippen LogP contribution in [-0.2, 0) is 6.42 Å². The standard InChI is InChI=1S/C17H17NO/c1-12-6-2-3-7-13(12)10-15(18)17-11-14-8-4-5-9-16(14)19-17/h2-9,11,15H,10,18H2,1H3. The Morgan fingerprint density at radius 1 is 1.05 bits per heavy atom. The van der Waals surface area contributed by atoms with E-state index < -0.39 is 0 Å². The number of fused-ring (bicyclic) bond motifs is 1. The molecule has 0 aliphatic rings. The minimum atomic E-state index is -0.103. The first kappa shape index (κ1) is 12.0. The third-order valence-electron chi connectivity index (χ3n) is 3.51. The van der Waals surface area contributed by atoms with E-state index in [2.05, 4.69) is 19.1 Å². The Hall–Kier alpha value is -2.06. The van der Waals surface area contributed by atoms with Gasteiger partial charge in [-0.1, -0.05) is 42.5 Å². The zero-order valence-corrected chi connectivity index (χ0v) is 11.0. The highest BCUT2D eigenvalue weighted by Gasteiger charge is 2.13. The molecular weight excluding hydrogens is 234 g/mol. The SMILES string of the molecule is Cc1ccccc1CC(N)c1cc2ccccc2o1. The summed E-state index contributed by atoms with van der Waals surface area (Å²) in [4.78, 5) is 0. The van der Waals surface area contributed by atoms with Crippen molar-refractivity contribution in [3.05, 3.63) is 71.5 Å². The van der Waals surface area contributed by atoms with Gasteiger partial charge in [0.15, 0.2) is 0 Å². The average Bonchev–Trinajstić information content (AvgIpc) is 2.85. The number of benzene rings is 2. The van der Waals surface area contributed by atoms with Gasteiger partial charge in [-0.3, -0.25) is 0 Å². The third kappa shape index (κ3) is 2.40. The molecule has 1 heterocycles. The van der Waals surface area contributed by atoms with Gasteiger partial charge >= 0.3 is 0 Å². The monoisotopic (exact) mass is 251 g/mol. The van der Waals surface area contributed by atoms with E-state index in [1.54, 1.807) is 0 Å². The minimum absolute atomic E-state index is 0.103. The lowest BCUT2D eigenvalue weighted by atomic mass is 10.0. The van der Waals surface area contributed by atoms with Gasteiger partial charge in [0.1, 0.15) is 11.3 Å². The van der Waals surface area contributed by atoms with Gasteiger partial charge in [0.05, 0.1) is 6.04 Å². The van der Waals surface area contributed by atoms with E-state index >= 15 is 0 Å². The summed E-state index contributed by atoms with van der Waals surface area (Å²) in [5, 5.41) is 1.11. The highest BCUT2D eigenvalue weighted by molar-refractivity contribution is 5.77. The number of nitrogens with two attached hydrogens (primary N) is 1. The Kier molecular flexibility index (Phi) is 3.10. The molecule has 0 radical (unpaired) electrons. The molecule has 0 spiro atoms. The molecule has 3 rings (SSSR count). The van der Waals surface area contributed by atoms with E-state index in [9.17, 15) is 0 Å². The van der Waals surface area contributed by atoms with Crippen LogP contribution in [0.3, 0.4) is 0 Å². The summed E-state index contributed by atoms with van der Waals surface area (Å²) in [6.45, 7) is 2.11. The fraction of sp³-hybridized carbons (Fsp3) is 0.176. The second kappa shape index (κ2) is 4.90. The number of hydrogen-bond acceptors (Lipinski definition) is 2. The molecule has 96 valence electrons. The molecule has 0 saturated heterocycles. The lowest BCUT2D eigenvalue weighted by molar-refractivity contribution is 0.493. The van der Waals surface area contributed by atoms with Crippen molar-refractivity contribution in [3.8, 4) is 0 Å². The largest absolute Gasteiger partial charge is 0.459 e. The predicted molar refractivity (Wildman–Crippen MR) is 78.0 cm³/mol. The smallest absolute Gasteiger partial charge is 0.134 e. The summed E-state index contributed by atoms with van der Waals surface area (Å²) < 4.78 is 5.82. The van der Waals surface area contributed by atoms with Crippen LogP contribution in [0.15, 0.2) is 59.0 Å². The Bertz CT molecular complexity index is 666. The Morgan fingerprint density at radius 3 is 2.58 bits per heavy atom. The second-order valence-electron chi connectivity index (χ2n) is 4.92.